The number of esters is 1. The number of nitrogens with one attached hydrogen (secondary N) is 1. The zero-order valence-corrected chi connectivity index (χ0v) is 14.1. The van der Waals surface area contributed by atoms with Gasteiger partial charge in [0.15, 0.2) is 6.10 Å². The number of phenols is 1. The number of carbonyl (C=O) groups is 2. The highest BCUT2D eigenvalue weighted by atomic mass is 16.5. The van der Waals surface area contributed by atoms with Gasteiger partial charge < -0.3 is 15.2 Å². The molecule has 0 saturated carbocycles. The Balaban J connectivity index is 1.63. The topological polar surface area (TPSA) is 75.6 Å². The van der Waals surface area contributed by atoms with Gasteiger partial charge >= 0.3 is 5.97 Å². The average Bonchev–Trinajstić information content (AvgIpc) is 2.62. The number of phenolic OH excluding ortho intramolecular Hbond substituents is 1. The van der Waals surface area contributed by atoms with E-state index < -0.39 is 12.1 Å². The van der Waals surface area contributed by atoms with E-state index in [1.54, 1.807) is 13.0 Å². The van der Waals surface area contributed by atoms with E-state index in [4.69, 9.17) is 4.74 Å². The van der Waals surface area contributed by atoms with Crippen LogP contribution < -0.4 is 5.32 Å². The van der Waals surface area contributed by atoms with Crippen molar-refractivity contribution in [2.75, 3.05) is 0 Å². The van der Waals surface area contributed by atoms with E-state index in [0.29, 0.717) is 0 Å². The first-order chi connectivity index (χ1) is 12.0. The van der Waals surface area contributed by atoms with Crippen molar-refractivity contribution in [1.29, 1.82) is 0 Å². The molecule has 1 aliphatic carbocycles. The van der Waals surface area contributed by atoms with E-state index in [0.717, 1.165) is 24.8 Å². The van der Waals surface area contributed by atoms with Gasteiger partial charge in [0.25, 0.3) is 5.91 Å². The molecule has 0 heterocycles. The Bertz CT molecular complexity index is 787. The van der Waals surface area contributed by atoms with Crippen LogP contribution in [0.5, 0.6) is 5.75 Å². The number of benzene rings is 2. The van der Waals surface area contributed by atoms with Crippen LogP contribution in [0.3, 0.4) is 0 Å². The van der Waals surface area contributed by atoms with Crippen LogP contribution >= 0.6 is 0 Å². The molecule has 2 aromatic carbocycles. The first kappa shape index (κ1) is 17.0. The molecule has 2 N–H and O–H groups in total. The summed E-state index contributed by atoms with van der Waals surface area (Å²) in [7, 11) is 0. The molecule has 1 amide bonds. The van der Waals surface area contributed by atoms with E-state index >= 15 is 0 Å². The summed E-state index contributed by atoms with van der Waals surface area (Å²) >= 11 is 0. The summed E-state index contributed by atoms with van der Waals surface area (Å²) in [4.78, 5) is 24.5. The monoisotopic (exact) mass is 339 g/mol. The molecular formula is C20H21NO4. The molecule has 0 aromatic heterocycles. The fourth-order valence-electron chi connectivity index (χ4n) is 3.11. The average molecular weight is 339 g/mol. The minimum atomic E-state index is -0.913. The minimum Gasteiger partial charge on any atom is -0.508 e. The molecule has 0 aliphatic heterocycles. The van der Waals surface area contributed by atoms with E-state index in [2.05, 4.69) is 11.4 Å². The molecule has 2 aromatic rings. The van der Waals surface area contributed by atoms with Crippen LogP contribution in [0.2, 0.25) is 0 Å². The summed E-state index contributed by atoms with van der Waals surface area (Å²) in [6.07, 6.45) is 1.99. The Morgan fingerprint density at radius 1 is 1.20 bits per heavy atom. The maximum Gasteiger partial charge on any atom is 0.339 e. The van der Waals surface area contributed by atoms with Crippen molar-refractivity contribution in [1.82, 2.24) is 5.32 Å². The lowest BCUT2D eigenvalue weighted by molar-refractivity contribution is -0.130. The lowest BCUT2D eigenvalue weighted by Gasteiger charge is -2.27. The summed E-state index contributed by atoms with van der Waals surface area (Å²) in [6.45, 7) is 1.55. The summed E-state index contributed by atoms with van der Waals surface area (Å²) in [5, 5.41) is 12.4. The summed E-state index contributed by atoms with van der Waals surface area (Å²) in [6, 6.07) is 13.9. The molecule has 1 aliphatic rings. The van der Waals surface area contributed by atoms with Gasteiger partial charge in [0, 0.05) is 0 Å². The molecule has 0 saturated heterocycles. The number of amides is 1. The van der Waals surface area contributed by atoms with Crippen molar-refractivity contribution in [2.45, 2.75) is 38.3 Å². The first-order valence-corrected chi connectivity index (χ1v) is 8.43. The summed E-state index contributed by atoms with van der Waals surface area (Å²) in [5.74, 6) is -0.983. The van der Waals surface area contributed by atoms with Crippen LogP contribution in [0.25, 0.3) is 0 Å². The number of ether oxygens (including phenoxy) is 1. The van der Waals surface area contributed by atoms with Crippen LogP contribution in [0.4, 0.5) is 0 Å². The molecule has 0 bridgehead atoms. The minimum absolute atomic E-state index is 0.0228. The van der Waals surface area contributed by atoms with Gasteiger partial charge in [-0.15, -0.1) is 0 Å². The van der Waals surface area contributed by atoms with Gasteiger partial charge in [-0.3, -0.25) is 4.79 Å². The smallest absolute Gasteiger partial charge is 0.339 e. The van der Waals surface area contributed by atoms with Crippen LogP contribution in [-0.4, -0.2) is 23.1 Å². The van der Waals surface area contributed by atoms with Gasteiger partial charge in [0.2, 0.25) is 0 Å². The van der Waals surface area contributed by atoms with Crippen molar-refractivity contribution in [2.24, 2.45) is 0 Å². The van der Waals surface area contributed by atoms with Gasteiger partial charge in [0.05, 0.1) is 11.6 Å². The highest BCUT2D eigenvalue weighted by molar-refractivity contribution is 5.92. The molecule has 2 atom stereocenters. The third kappa shape index (κ3) is 3.99. The number of aromatic hydroxyl groups is 1. The van der Waals surface area contributed by atoms with E-state index in [1.165, 1.54) is 23.8 Å². The maximum atomic E-state index is 12.4. The molecule has 5 heteroatoms. The molecule has 5 nitrogen and oxygen atoms in total. The van der Waals surface area contributed by atoms with Crippen LogP contribution in [0.15, 0.2) is 48.5 Å². The normalized spacial score (nSPS) is 17.2. The second-order valence-corrected chi connectivity index (χ2v) is 6.25. The van der Waals surface area contributed by atoms with Crippen molar-refractivity contribution < 1.29 is 19.4 Å². The number of rotatable bonds is 4. The highest BCUT2D eigenvalue weighted by Crippen LogP contribution is 2.29. The predicted molar refractivity (Wildman–Crippen MR) is 93.2 cm³/mol. The lowest BCUT2D eigenvalue weighted by atomic mass is 9.87. The molecule has 3 rings (SSSR count). The van der Waals surface area contributed by atoms with Gasteiger partial charge in [-0.2, -0.15) is 0 Å². The highest BCUT2D eigenvalue weighted by Gasteiger charge is 2.25. The molecule has 0 unspecified atom stereocenters. The van der Waals surface area contributed by atoms with Crippen LogP contribution in [0.1, 0.15) is 47.3 Å². The zero-order valence-electron chi connectivity index (χ0n) is 14.1. The second-order valence-electron chi connectivity index (χ2n) is 6.25. The SMILES string of the molecule is C[C@H](OC(=O)c1cccc(O)c1)C(=O)N[C@@H]1CCCc2ccccc21. The fourth-order valence-corrected chi connectivity index (χ4v) is 3.11. The Morgan fingerprint density at radius 2 is 2.00 bits per heavy atom. The quantitative estimate of drug-likeness (QED) is 0.839. The largest absolute Gasteiger partial charge is 0.508 e. The molecule has 0 radical (unpaired) electrons. The first-order valence-electron chi connectivity index (χ1n) is 8.43. The van der Waals surface area contributed by atoms with Gasteiger partial charge in [-0.1, -0.05) is 30.3 Å². The number of fused-ring (bicyclic) bond motifs is 1. The third-order valence-electron chi connectivity index (χ3n) is 4.42. The van der Waals surface area contributed by atoms with E-state index in [-0.39, 0.29) is 23.3 Å². The van der Waals surface area contributed by atoms with Crippen LogP contribution in [-0.2, 0) is 16.0 Å². The van der Waals surface area contributed by atoms with E-state index in [1.807, 2.05) is 18.2 Å². The predicted octanol–water partition coefficient (Wildman–Crippen LogP) is 3.13. The van der Waals surface area contributed by atoms with Crippen molar-refractivity contribution >= 4 is 11.9 Å². The zero-order chi connectivity index (χ0) is 17.8. The Hall–Kier alpha value is -2.82. The van der Waals surface area contributed by atoms with Crippen molar-refractivity contribution in [3.05, 3.63) is 65.2 Å². The molecule has 25 heavy (non-hydrogen) atoms. The summed E-state index contributed by atoms with van der Waals surface area (Å²) < 4.78 is 5.22. The molecular weight excluding hydrogens is 318 g/mol. The molecule has 0 fully saturated rings. The maximum absolute atomic E-state index is 12.4. The van der Waals surface area contributed by atoms with E-state index in [9.17, 15) is 14.7 Å². The number of hydrogen-bond donors (Lipinski definition) is 2. The second kappa shape index (κ2) is 7.38. The van der Waals surface area contributed by atoms with Gasteiger partial charge in [0.1, 0.15) is 5.75 Å². The number of hydrogen-bond acceptors (Lipinski definition) is 4. The number of aryl methyl sites for hydroxylation is 1. The lowest BCUT2D eigenvalue weighted by Crippen LogP contribution is -2.39. The fraction of sp³-hybridized carbons (Fsp3) is 0.300. The number of carbonyl (C=O) groups excluding carboxylic acids is 2. The molecule has 130 valence electrons. The van der Waals surface area contributed by atoms with Crippen LogP contribution in [0, 0.1) is 0 Å². The van der Waals surface area contributed by atoms with Crippen molar-refractivity contribution in [3.63, 3.8) is 0 Å². The van der Waals surface area contributed by atoms with Gasteiger partial charge in [-0.25, -0.2) is 4.79 Å². The Morgan fingerprint density at radius 3 is 2.80 bits per heavy atom. The standard InChI is InChI=1S/C20H21NO4/c1-13(25-20(24)15-8-4-9-16(22)12-15)19(23)21-18-11-5-7-14-6-2-3-10-17(14)18/h2-4,6,8-10,12-13,18,22H,5,7,11H2,1H3,(H,21,23)/t13-,18+/m0/s1. The Kier molecular flexibility index (Phi) is 5.03. The van der Waals surface area contributed by atoms with Crippen molar-refractivity contribution in [3.8, 4) is 5.75 Å². The third-order valence-corrected chi connectivity index (χ3v) is 4.42. The molecule has 0 spiro atoms. The Labute approximate surface area is 146 Å². The summed E-state index contributed by atoms with van der Waals surface area (Å²) in [5.41, 5.74) is 2.60. The van der Waals surface area contributed by atoms with Gasteiger partial charge in [-0.05, 0) is 55.5 Å².